The minimum Gasteiger partial charge on any atom is -0.466 e. The van der Waals surface area contributed by atoms with Crippen LogP contribution in [0.2, 0.25) is 0 Å². The lowest BCUT2D eigenvalue weighted by molar-refractivity contribution is -0.143. The van der Waals surface area contributed by atoms with Crippen LogP contribution in [-0.2, 0) is 9.53 Å². The zero-order chi connectivity index (χ0) is 26.2. The lowest BCUT2D eigenvalue weighted by Gasteiger charge is -2.26. The van der Waals surface area contributed by atoms with Gasteiger partial charge in [-0.05, 0) is 73.4 Å². The molecule has 3 aromatic carbocycles. The number of benzene rings is 3. The van der Waals surface area contributed by atoms with Crippen molar-refractivity contribution in [3.8, 4) is 11.5 Å². The number of carbonyl (C=O) groups is 2. The van der Waals surface area contributed by atoms with Crippen LogP contribution in [0.1, 0.15) is 68.4 Å². The minimum absolute atomic E-state index is 0.0316. The number of rotatable bonds is 12. The van der Waals surface area contributed by atoms with Gasteiger partial charge in [0.25, 0.3) is 0 Å². The number of nitrogens with zero attached hydrogens (tertiary/aromatic N) is 1. The first-order valence-electron chi connectivity index (χ1n) is 13.0. The molecule has 0 aliphatic rings. The first-order valence-corrected chi connectivity index (χ1v) is 13.0. The number of para-hydroxylation sites is 2. The number of esters is 1. The van der Waals surface area contributed by atoms with Crippen molar-refractivity contribution in [1.29, 1.82) is 0 Å². The molecule has 0 saturated heterocycles. The number of ether oxygens (including phenoxy) is 1. The quantitative estimate of drug-likeness (QED) is 0.160. The van der Waals surface area contributed by atoms with Crippen LogP contribution in [0.4, 0.5) is 5.69 Å². The maximum Gasteiger partial charge on any atom is 0.305 e. The Hall–Kier alpha value is -3.93. The molecule has 0 fully saturated rings. The van der Waals surface area contributed by atoms with Gasteiger partial charge < -0.3 is 14.5 Å². The van der Waals surface area contributed by atoms with Gasteiger partial charge in [0.15, 0.2) is 11.4 Å². The summed E-state index contributed by atoms with van der Waals surface area (Å²) in [6.45, 7) is 6.55. The summed E-state index contributed by atoms with van der Waals surface area (Å²) in [5, 5.41) is 3.65. The second-order valence-electron chi connectivity index (χ2n) is 9.28. The highest BCUT2D eigenvalue weighted by Crippen LogP contribution is 2.31. The SMILES string of the molecule is CCOC(=O)CCCC(=O)c1ccc(N[C@@H](c2ccc(-c3nc4ccccc4o3)cc2)C(C)CC)cc1. The standard InChI is InChI=1S/C31H34N2O4/c1-4-21(3)30(23-13-15-24(16-14-23)31-33-26-9-6-7-11-28(26)37-31)32-25-19-17-22(18-20-25)27(34)10-8-12-29(35)36-5-2/h6-7,9,11,13-21,30,32H,4-5,8,10,12H2,1-3H3/t21?,30-/m1/s1. The molecule has 37 heavy (non-hydrogen) atoms. The van der Waals surface area contributed by atoms with E-state index in [4.69, 9.17) is 9.15 Å². The third kappa shape index (κ3) is 6.64. The first-order chi connectivity index (χ1) is 18.0. The molecule has 0 aliphatic carbocycles. The number of ketones is 1. The summed E-state index contributed by atoms with van der Waals surface area (Å²) in [4.78, 5) is 28.6. The van der Waals surface area contributed by atoms with E-state index in [9.17, 15) is 9.59 Å². The zero-order valence-electron chi connectivity index (χ0n) is 21.7. The Balaban J connectivity index is 1.42. The van der Waals surface area contributed by atoms with Crippen LogP contribution in [0, 0.1) is 5.92 Å². The molecule has 1 unspecified atom stereocenters. The molecule has 1 heterocycles. The van der Waals surface area contributed by atoms with Crippen molar-refractivity contribution in [2.24, 2.45) is 5.92 Å². The highest BCUT2D eigenvalue weighted by molar-refractivity contribution is 5.96. The second kappa shape index (κ2) is 12.3. The Morgan fingerprint density at radius 1 is 0.946 bits per heavy atom. The molecule has 0 spiro atoms. The Morgan fingerprint density at radius 2 is 1.68 bits per heavy atom. The predicted molar refractivity (Wildman–Crippen MR) is 147 cm³/mol. The molecule has 0 aliphatic heterocycles. The fraction of sp³-hybridized carbons (Fsp3) is 0.323. The van der Waals surface area contributed by atoms with Crippen molar-refractivity contribution in [3.63, 3.8) is 0 Å². The molecule has 0 radical (unpaired) electrons. The van der Waals surface area contributed by atoms with Crippen LogP contribution >= 0.6 is 0 Å². The van der Waals surface area contributed by atoms with Crippen molar-refractivity contribution in [1.82, 2.24) is 4.98 Å². The monoisotopic (exact) mass is 498 g/mol. The third-order valence-corrected chi connectivity index (χ3v) is 6.64. The van der Waals surface area contributed by atoms with E-state index in [1.54, 1.807) is 6.92 Å². The van der Waals surface area contributed by atoms with E-state index in [1.165, 1.54) is 5.56 Å². The van der Waals surface area contributed by atoms with Crippen molar-refractivity contribution in [2.75, 3.05) is 11.9 Å². The Labute approximate surface area is 218 Å². The van der Waals surface area contributed by atoms with Gasteiger partial charge in [0.1, 0.15) is 5.52 Å². The number of nitrogens with one attached hydrogen (secondary N) is 1. The molecule has 0 saturated carbocycles. The van der Waals surface area contributed by atoms with Gasteiger partial charge in [-0.25, -0.2) is 4.98 Å². The summed E-state index contributed by atoms with van der Waals surface area (Å²) in [7, 11) is 0. The Kier molecular flexibility index (Phi) is 8.72. The summed E-state index contributed by atoms with van der Waals surface area (Å²) in [6.07, 6.45) is 2.10. The molecule has 1 N–H and O–H groups in total. The van der Waals surface area contributed by atoms with Gasteiger partial charge in [0.2, 0.25) is 5.89 Å². The van der Waals surface area contributed by atoms with Gasteiger partial charge in [0, 0.05) is 29.7 Å². The first kappa shape index (κ1) is 26.1. The van der Waals surface area contributed by atoms with Crippen molar-refractivity contribution >= 4 is 28.5 Å². The highest BCUT2D eigenvalue weighted by atomic mass is 16.5. The molecular formula is C31H34N2O4. The number of fused-ring (bicyclic) bond motifs is 1. The largest absolute Gasteiger partial charge is 0.466 e. The molecule has 192 valence electrons. The molecule has 4 aromatic rings. The average Bonchev–Trinajstić information content (AvgIpc) is 3.36. The van der Waals surface area contributed by atoms with E-state index in [0.717, 1.165) is 28.8 Å². The van der Waals surface area contributed by atoms with Gasteiger partial charge in [-0.1, -0.05) is 44.5 Å². The molecule has 0 bridgehead atoms. The number of carbonyl (C=O) groups excluding carboxylic acids is 2. The number of Topliss-reactive ketones (excluding diaryl/α,β-unsaturated/α-hetero) is 1. The van der Waals surface area contributed by atoms with Crippen molar-refractivity contribution in [2.45, 2.75) is 52.5 Å². The van der Waals surface area contributed by atoms with Gasteiger partial charge >= 0.3 is 5.97 Å². The smallest absolute Gasteiger partial charge is 0.305 e. The number of anilines is 1. The highest BCUT2D eigenvalue weighted by Gasteiger charge is 2.19. The van der Waals surface area contributed by atoms with Crippen LogP contribution < -0.4 is 5.32 Å². The lowest BCUT2D eigenvalue weighted by Crippen LogP contribution is -2.18. The summed E-state index contributed by atoms with van der Waals surface area (Å²) in [5.74, 6) is 0.777. The van der Waals surface area contributed by atoms with E-state index in [2.05, 4.69) is 48.4 Å². The molecule has 6 heteroatoms. The maximum absolute atomic E-state index is 12.5. The van der Waals surface area contributed by atoms with Gasteiger partial charge in [-0.2, -0.15) is 0 Å². The maximum atomic E-state index is 12.5. The molecule has 1 aromatic heterocycles. The number of hydrogen-bond donors (Lipinski definition) is 1. The summed E-state index contributed by atoms with van der Waals surface area (Å²) >= 11 is 0. The predicted octanol–water partition coefficient (Wildman–Crippen LogP) is 7.61. The molecule has 0 amide bonds. The third-order valence-electron chi connectivity index (χ3n) is 6.64. The molecule has 6 nitrogen and oxygen atoms in total. The van der Waals surface area contributed by atoms with Crippen molar-refractivity contribution < 1.29 is 18.7 Å². The van der Waals surface area contributed by atoms with E-state index in [-0.39, 0.29) is 24.2 Å². The number of oxazole rings is 1. The summed E-state index contributed by atoms with van der Waals surface area (Å²) in [5.41, 5.74) is 5.35. The molecule has 2 atom stereocenters. The van der Waals surface area contributed by atoms with Gasteiger partial charge in [0.05, 0.1) is 12.6 Å². The molecule has 4 rings (SSSR count). The van der Waals surface area contributed by atoms with Gasteiger partial charge in [-0.15, -0.1) is 0 Å². The van der Waals surface area contributed by atoms with E-state index >= 15 is 0 Å². The van der Waals surface area contributed by atoms with E-state index < -0.39 is 0 Å². The van der Waals surface area contributed by atoms with Crippen LogP contribution in [0.5, 0.6) is 0 Å². The Bertz CT molecular complexity index is 1290. The van der Waals surface area contributed by atoms with Crippen LogP contribution in [0.15, 0.2) is 77.2 Å². The second-order valence-corrected chi connectivity index (χ2v) is 9.28. The topological polar surface area (TPSA) is 81.4 Å². The number of hydrogen-bond acceptors (Lipinski definition) is 6. The van der Waals surface area contributed by atoms with E-state index in [0.29, 0.717) is 36.8 Å². The fourth-order valence-corrected chi connectivity index (χ4v) is 4.32. The van der Waals surface area contributed by atoms with Crippen LogP contribution in [0.25, 0.3) is 22.6 Å². The van der Waals surface area contributed by atoms with Crippen molar-refractivity contribution in [3.05, 3.63) is 83.9 Å². The zero-order valence-corrected chi connectivity index (χ0v) is 21.7. The summed E-state index contributed by atoms with van der Waals surface area (Å²) in [6, 6.07) is 23.8. The Morgan fingerprint density at radius 3 is 2.35 bits per heavy atom. The fourth-order valence-electron chi connectivity index (χ4n) is 4.32. The van der Waals surface area contributed by atoms with Gasteiger partial charge in [-0.3, -0.25) is 9.59 Å². The summed E-state index contributed by atoms with van der Waals surface area (Å²) < 4.78 is 10.8. The lowest BCUT2D eigenvalue weighted by atomic mass is 9.91. The van der Waals surface area contributed by atoms with Crippen LogP contribution in [-0.4, -0.2) is 23.3 Å². The van der Waals surface area contributed by atoms with Crippen LogP contribution in [0.3, 0.4) is 0 Å². The average molecular weight is 499 g/mol. The van der Waals surface area contributed by atoms with E-state index in [1.807, 2.05) is 48.5 Å². The minimum atomic E-state index is -0.257. The molecular weight excluding hydrogens is 464 g/mol. The normalized spacial score (nSPS) is 12.7. The number of aromatic nitrogens is 1.